The first-order valence-corrected chi connectivity index (χ1v) is 8.48. The van der Waals surface area contributed by atoms with Crippen molar-refractivity contribution >= 4 is 9.84 Å². The lowest BCUT2D eigenvalue weighted by Gasteiger charge is -2.04. The summed E-state index contributed by atoms with van der Waals surface area (Å²) in [6, 6.07) is 14.4. The molecule has 22 heavy (non-hydrogen) atoms. The van der Waals surface area contributed by atoms with Crippen LogP contribution in [0.4, 0.5) is 0 Å². The van der Waals surface area contributed by atoms with Crippen LogP contribution in [-0.2, 0) is 9.84 Å². The zero-order chi connectivity index (χ0) is 15.6. The summed E-state index contributed by atoms with van der Waals surface area (Å²) in [5, 5.41) is 0. The fraction of sp³-hybridized carbons (Fsp3) is 0.0625. The van der Waals surface area contributed by atoms with E-state index in [9.17, 15) is 8.42 Å². The molecule has 6 heteroatoms. The fourth-order valence-electron chi connectivity index (χ4n) is 1.99. The molecule has 0 aromatic carbocycles. The van der Waals surface area contributed by atoms with E-state index in [0.29, 0.717) is 11.4 Å². The molecule has 0 saturated carbocycles. The van der Waals surface area contributed by atoms with E-state index in [1.54, 1.807) is 12.3 Å². The molecule has 0 fully saturated rings. The molecule has 0 atom stereocenters. The van der Waals surface area contributed by atoms with Crippen LogP contribution in [-0.4, -0.2) is 29.6 Å². The maximum atomic E-state index is 11.5. The number of sulfone groups is 1. The fourth-order valence-corrected chi connectivity index (χ4v) is 2.54. The third kappa shape index (κ3) is 3.01. The lowest BCUT2D eigenvalue weighted by molar-refractivity contribution is 0.601. The molecule has 3 aromatic rings. The summed E-state index contributed by atoms with van der Waals surface area (Å²) < 4.78 is 22.9. The quantitative estimate of drug-likeness (QED) is 0.743. The lowest BCUT2D eigenvalue weighted by atomic mass is 10.2. The largest absolute Gasteiger partial charge is 0.255 e. The van der Waals surface area contributed by atoms with E-state index in [4.69, 9.17) is 0 Å². The van der Waals surface area contributed by atoms with Crippen molar-refractivity contribution in [1.82, 2.24) is 15.0 Å². The third-order valence-corrected chi connectivity index (χ3v) is 4.20. The minimum atomic E-state index is -3.25. The van der Waals surface area contributed by atoms with Crippen LogP contribution >= 0.6 is 0 Å². The second-order valence-electron chi connectivity index (χ2n) is 4.77. The molecule has 0 aliphatic rings. The van der Waals surface area contributed by atoms with Gasteiger partial charge in [0.1, 0.15) is 0 Å². The predicted molar refractivity (Wildman–Crippen MR) is 83.8 cm³/mol. The molecule has 3 rings (SSSR count). The Kier molecular flexibility index (Phi) is 3.68. The summed E-state index contributed by atoms with van der Waals surface area (Å²) >= 11 is 0. The number of rotatable bonds is 3. The maximum absolute atomic E-state index is 11.5. The van der Waals surface area contributed by atoms with Crippen molar-refractivity contribution in [3.63, 3.8) is 0 Å². The van der Waals surface area contributed by atoms with Gasteiger partial charge >= 0.3 is 0 Å². The summed E-state index contributed by atoms with van der Waals surface area (Å²) in [5.41, 5.74) is 2.80. The van der Waals surface area contributed by atoms with Gasteiger partial charge in [0, 0.05) is 18.6 Å². The minimum Gasteiger partial charge on any atom is -0.255 e. The van der Waals surface area contributed by atoms with Gasteiger partial charge in [-0.25, -0.2) is 13.4 Å². The average molecular weight is 311 g/mol. The van der Waals surface area contributed by atoms with Gasteiger partial charge in [0.2, 0.25) is 0 Å². The molecular weight excluding hydrogens is 298 g/mol. The zero-order valence-electron chi connectivity index (χ0n) is 11.8. The normalized spacial score (nSPS) is 11.3. The van der Waals surface area contributed by atoms with Crippen LogP contribution in [0, 0.1) is 0 Å². The second kappa shape index (κ2) is 5.65. The minimum absolute atomic E-state index is 0.192. The van der Waals surface area contributed by atoms with E-state index in [2.05, 4.69) is 15.0 Å². The van der Waals surface area contributed by atoms with Gasteiger partial charge in [0.15, 0.2) is 9.84 Å². The van der Waals surface area contributed by atoms with Crippen molar-refractivity contribution in [2.24, 2.45) is 0 Å². The Hall–Kier alpha value is -2.60. The van der Waals surface area contributed by atoms with Gasteiger partial charge in [-0.1, -0.05) is 12.1 Å². The number of hydrogen-bond donors (Lipinski definition) is 0. The smallest absolute Gasteiger partial charge is 0.177 e. The summed E-state index contributed by atoms with van der Waals surface area (Å²) in [6.45, 7) is 0. The molecule has 0 N–H and O–H groups in total. The van der Waals surface area contributed by atoms with E-state index in [1.807, 2.05) is 36.4 Å². The van der Waals surface area contributed by atoms with Crippen molar-refractivity contribution in [2.75, 3.05) is 6.26 Å². The summed E-state index contributed by atoms with van der Waals surface area (Å²) in [5.74, 6) is 0. The number of pyridine rings is 3. The monoisotopic (exact) mass is 311 g/mol. The molecule has 0 bridgehead atoms. The molecule has 3 aromatic heterocycles. The molecular formula is C16H13N3O2S. The first-order valence-electron chi connectivity index (χ1n) is 6.59. The Bertz CT molecular complexity index is 892. The van der Waals surface area contributed by atoms with Gasteiger partial charge < -0.3 is 0 Å². The molecule has 0 aliphatic heterocycles. The van der Waals surface area contributed by atoms with Gasteiger partial charge in [-0.05, 0) is 36.4 Å². The average Bonchev–Trinajstić information content (AvgIpc) is 2.55. The van der Waals surface area contributed by atoms with Crippen LogP contribution in [0.25, 0.3) is 22.8 Å². The molecule has 0 amide bonds. The Morgan fingerprint density at radius 2 is 1.45 bits per heavy atom. The Morgan fingerprint density at radius 1 is 0.773 bits per heavy atom. The van der Waals surface area contributed by atoms with Crippen molar-refractivity contribution in [1.29, 1.82) is 0 Å². The highest BCUT2D eigenvalue weighted by Crippen LogP contribution is 2.20. The van der Waals surface area contributed by atoms with Crippen LogP contribution < -0.4 is 0 Å². The van der Waals surface area contributed by atoms with Crippen LogP contribution in [0.15, 0.2) is 65.8 Å². The number of nitrogens with zero attached hydrogens (tertiary/aromatic N) is 3. The summed E-state index contributed by atoms with van der Waals surface area (Å²) in [7, 11) is -3.25. The number of aromatic nitrogens is 3. The van der Waals surface area contributed by atoms with E-state index in [1.165, 1.54) is 12.3 Å². The Balaban J connectivity index is 1.99. The van der Waals surface area contributed by atoms with Crippen LogP contribution in [0.5, 0.6) is 0 Å². The highest BCUT2D eigenvalue weighted by Gasteiger charge is 2.09. The first-order chi connectivity index (χ1) is 10.5. The molecule has 0 aliphatic carbocycles. The highest BCUT2D eigenvalue weighted by molar-refractivity contribution is 7.90. The third-order valence-electron chi connectivity index (χ3n) is 3.10. The molecule has 0 spiro atoms. The predicted octanol–water partition coefficient (Wildman–Crippen LogP) is 2.61. The van der Waals surface area contributed by atoms with Crippen LogP contribution in [0.3, 0.4) is 0 Å². The van der Waals surface area contributed by atoms with Gasteiger partial charge in [0.25, 0.3) is 0 Å². The maximum Gasteiger partial charge on any atom is 0.177 e. The van der Waals surface area contributed by atoms with Gasteiger partial charge in [0.05, 0.1) is 27.7 Å². The molecule has 0 radical (unpaired) electrons. The SMILES string of the molecule is CS(=O)(=O)c1ccc(-c2cccc(-c3ccccn3)n2)nc1. The Labute approximate surface area is 128 Å². The van der Waals surface area contributed by atoms with Crippen molar-refractivity contribution in [2.45, 2.75) is 4.90 Å². The van der Waals surface area contributed by atoms with Crippen molar-refractivity contribution in [3.8, 4) is 22.8 Å². The Morgan fingerprint density at radius 3 is 2.00 bits per heavy atom. The van der Waals surface area contributed by atoms with Crippen molar-refractivity contribution in [3.05, 3.63) is 60.9 Å². The summed E-state index contributed by atoms with van der Waals surface area (Å²) in [4.78, 5) is 13.2. The van der Waals surface area contributed by atoms with Crippen molar-refractivity contribution < 1.29 is 8.42 Å². The zero-order valence-corrected chi connectivity index (χ0v) is 12.7. The second-order valence-corrected chi connectivity index (χ2v) is 6.79. The van der Waals surface area contributed by atoms with E-state index < -0.39 is 9.84 Å². The van der Waals surface area contributed by atoms with Gasteiger partial charge in [-0.2, -0.15) is 0 Å². The lowest BCUT2D eigenvalue weighted by Crippen LogP contribution is -1.98. The standard InChI is InChI=1S/C16H13N3O2S/c1-22(20,21)12-8-9-14(18-11-12)16-7-4-6-15(19-16)13-5-2-3-10-17-13/h2-11H,1H3. The first kappa shape index (κ1) is 14.3. The molecule has 0 unspecified atom stereocenters. The molecule has 110 valence electrons. The van der Waals surface area contributed by atoms with E-state index in [-0.39, 0.29) is 4.90 Å². The molecule has 5 nitrogen and oxygen atoms in total. The number of hydrogen-bond acceptors (Lipinski definition) is 5. The van der Waals surface area contributed by atoms with Crippen LogP contribution in [0.2, 0.25) is 0 Å². The molecule has 3 heterocycles. The topological polar surface area (TPSA) is 72.8 Å². The van der Waals surface area contributed by atoms with Gasteiger partial charge in [-0.3, -0.25) is 9.97 Å². The highest BCUT2D eigenvalue weighted by atomic mass is 32.2. The molecule has 0 saturated heterocycles. The van der Waals surface area contributed by atoms with E-state index in [0.717, 1.165) is 17.6 Å². The summed E-state index contributed by atoms with van der Waals surface area (Å²) in [6.07, 6.45) is 4.21. The van der Waals surface area contributed by atoms with Crippen LogP contribution in [0.1, 0.15) is 0 Å². The van der Waals surface area contributed by atoms with Gasteiger partial charge in [-0.15, -0.1) is 0 Å². The van der Waals surface area contributed by atoms with E-state index >= 15 is 0 Å².